The van der Waals surface area contributed by atoms with E-state index in [0.717, 1.165) is 52.2 Å². The molecule has 0 aromatic carbocycles. The highest BCUT2D eigenvalue weighted by Crippen LogP contribution is 2.24. The van der Waals surface area contributed by atoms with Gasteiger partial charge in [0.2, 0.25) is 5.91 Å². The van der Waals surface area contributed by atoms with Crippen molar-refractivity contribution in [2.45, 2.75) is 32.2 Å². The van der Waals surface area contributed by atoms with Crippen LogP contribution in [0.3, 0.4) is 0 Å². The second-order valence-corrected chi connectivity index (χ2v) is 7.20. The molecule has 0 N–H and O–H groups in total. The van der Waals surface area contributed by atoms with Gasteiger partial charge in [-0.1, -0.05) is 0 Å². The van der Waals surface area contributed by atoms with Crippen molar-refractivity contribution in [1.82, 2.24) is 9.80 Å². The largest absolute Gasteiger partial charge is 0.381 e. The van der Waals surface area contributed by atoms with Crippen molar-refractivity contribution >= 4 is 17.2 Å². The number of rotatable bonds is 5. The van der Waals surface area contributed by atoms with Gasteiger partial charge in [-0.3, -0.25) is 9.69 Å². The van der Waals surface area contributed by atoms with E-state index in [-0.39, 0.29) is 0 Å². The first-order chi connectivity index (χ1) is 10.7. The average molecular weight is 322 g/mol. The minimum atomic E-state index is 0.328. The van der Waals surface area contributed by atoms with Gasteiger partial charge in [0.05, 0.1) is 0 Å². The Morgan fingerprint density at radius 3 is 2.86 bits per heavy atom. The summed E-state index contributed by atoms with van der Waals surface area (Å²) in [5.74, 6) is 0.929. The van der Waals surface area contributed by atoms with Crippen LogP contribution in [0.4, 0.5) is 0 Å². The van der Waals surface area contributed by atoms with E-state index in [1.807, 2.05) is 4.90 Å². The Morgan fingerprint density at radius 1 is 1.41 bits per heavy atom. The van der Waals surface area contributed by atoms with Crippen LogP contribution in [0.15, 0.2) is 16.8 Å². The van der Waals surface area contributed by atoms with Crippen LogP contribution in [-0.2, 0) is 9.53 Å². The summed E-state index contributed by atoms with van der Waals surface area (Å²) in [5, 5.41) is 4.37. The third-order valence-electron chi connectivity index (χ3n) is 5.03. The highest BCUT2D eigenvalue weighted by Gasteiger charge is 2.25. The van der Waals surface area contributed by atoms with E-state index in [1.165, 1.54) is 5.56 Å². The van der Waals surface area contributed by atoms with Crippen LogP contribution in [0.25, 0.3) is 0 Å². The van der Waals surface area contributed by atoms with Crippen LogP contribution < -0.4 is 0 Å². The van der Waals surface area contributed by atoms with Gasteiger partial charge in [0, 0.05) is 51.9 Å². The van der Waals surface area contributed by atoms with E-state index in [9.17, 15) is 4.79 Å². The predicted molar refractivity (Wildman–Crippen MR) is 89.0 cm³/mol. The van der Waals surface area contributed by atoms with Crippen molar-refractivity contribution in [3.05, 3.63) is 22.4 Å². The molecular formula is C17H26N2O2S. The fourth-order valence-electron chi connectivity index (χ4n) is 3.38. The number of carbonyl (C=O) groups excluding carboxylic acids is 1. The molecule has 22 heavy (non-hydrogen) atoms. The quantitative estimate of drug-likeness (QED) is 0.836. The molecule has 5 heteroatoms. The Morgan fingerprint density at radius 2 is 2.23 bits per heavy atom. The lowest BCUT2D eigenvalue weighted by molar-refractivity contribution is -0.133. The van der Waals surface area contributed by atoms with Crippen molar-refractivity contribution in [2.24, 2.45) is 5.92 Å². The molecule has 2 aliphatic heterocycles. The Kier molecular flexibility index (Phi) is 5.50. The van der Waals surface area contributed by atoms with Crippen LogP contribution >= 0.6 is 11.3 Å². The SMILES string of the molecule is C[C@@H](c1ccsc1)N1CCN(C(=O)CC[C@@H]2CCOC2)CC1. The molecule has 0 saturated carbocycles. The highest BCUT2D eigenvalue weighted by atomic mass is 32.1. The van der Waals surface area contributed by atoms with Crippen LogP contribution in [0.1, 0.15) is 37.8 Å². The van der Waals surface area contributed by atoms with E-state index in [4.69, 9.17) is 4.74 Å². The number of amides is 1. The van der Waals surface area contributed by atoms with Gasteiger partial charge < -0.3 is 9.64 Å². The summed E-state index contributed by atoms with van der Waals surface area (Å²) < 4.78 is 5.38. The van der Waals surface area contributed by atoms with Crippen molar-refractivity contribution in [2.75, 3.05) is 39.4 Å². The number of carbonyl (C=O) groups is 1. The minimum absolute atomic E-state index is 0.328. The van der Waals surface area contributed by atoms with Crippen LogP contribution in [0.5, 0.6) is 0 Å². The van der Waals surface area contributed by atoms with Gasteiger partial charge in [0.15, 0.2) is 0 Å². The highest BCUT2D eigenvalue weighted by molar-refractivity contribution is 7.07. The van der Waals surface area contributed by atoms with Crippen molar-refractivity contribution in [1.29, 1.82) is 0 Å². The van der Waals surface area contributed by atoms with Gasteiger partial charge in [0.25, 0.3) is 0 Å². The number of hydrogen-bond donors (Lipinski definition) is 0. The third kappa shape index (κ3) is 3.89. The average Bonchev–Trinajstić information content (AvgIpc) is 3.25. The summed E-state index contributed by atoms with van der Waals surface area (Å²) in [6.45, 7) is 7.68. The topological polar surface area (TPSA) is 32.8 Å². The van der Waals surface area contributed by atoms with Gasteiger partial charge in [-0.25, -0.2) is 0 Å². The van der Waals surface area contributed by atoms with Crippen molar-refractivity contribution in [3.8, 4) is 0 Å². The summed E-state index contributed by atoms with van der Waals surface area (Å²) in [5.41, 5.74) is 1.39. The Labute approximate surface area is 137 Å². The summed E-state index contributed by atoms with van der Waals surface area (Å²) in [4.78, 5) is 16.9. The van der Waals surface area contributed by atoms with Gasteiger partial charge in [-0.05, 0) is 48.1 Å². The minimum Gasteiger partial charge on any atom is -0.381 e. The smallest absolute Gasteiger partial charge is 0.222 e. The molecule has 1 amide bonds. The maximum absolute atomic E-state index is 12.3. The van der Waals surface area contributed by atoms with E-state index >= 15 is 0 Å². The summed E-state index contributed by atoms with van der Waals surface area (Å²) in [7, 11) is 0. The second-order valence-electron chi connectivity index (χ2n) is 6.42. The molecule has 2 atom stereocenters. The lowest BCUT2D eigenvalue weighted by Crippen LogP contribution is -2.49. The molecule has 2 fully saturated rings. The van der Waals surface area contributed by atoms with Gasteiger partial charge >= 0.3 is 0 Å². The molecule has 0 radical (unpaired) electrons. The summed E-state index contributed by atoms with van der Waals surface area (Å²) in [6, 6.07) is 2.66. The van der Waals surface area contributed by atoms with Gasteiger partial charge in [-0.15, -0.1) is 0 Å². The summed E-state index contributed by atoms with van der Waals surface area (Å²) in [6.07, 6.45) is 2.80. The predicted octanol–water partition coefficient (Wildman–Crippen LogP) is 2.77. The molecule has 3 rings (SSSR count). The maximum Gasteiger partial charge on any atom is 0.222 e. The number of piperazine rings is 1. The van der Waals surface area contributed by atoms with Crippen LogP contribution in [0, 0.1) is 5.92 Å². The molecule has 1 aromatic rings. The Bertz CT molecular complexity index is 463. The monoisotopic (exact) mass is 322 g/mol. The first-order valence-corrected chi connectivity index (χ1v) is 9.30. The zero-order valence-electron chi connectivity index (χ0n) is 13.4. The normalized spacial score (nSPS) is 24.6. The molecule has 2 aliphatic rings. The lowest BCUT2D eigenvalue weighted by Gasteiger charge is -2.38. The zero-order chi connectivity index (χ0) is 15.4. The van der Waals surface area contributed by atoms with Gasteiger partial charge in [0.1, 0.15) is 0 Å². The second kappa shape index (κ2) is 7.57. The van der Waals surface area contributed by atoms with E-state index in [2.05, 4.69) is 28.7 Å². The van der Waals surface area contributed by atoms with Crippen molar-refractivity contribution in [3.63, 3.8) is 0 Å². The Hall–Kier alpha value is -0.910. The number of hydrogen-bond acceptors (Lipinski definition) is 4. The third-order valence-corrected chi connectivity index (χ3v) is 5.73. The number of nitrogens with zero attached hydrogens (tertiary/aromatic N) is 2. The molecular weight excluding hydrogens is 296 g/mol. The molecule has 0 unspecified atom stereocenters. The standard InChI is InChI=1S/C17H26N2O2S/c1-14(16-5-11-22-13-16)18-6-8-19(9-7-18)17(20)3-2-15-4-10-21-12-15/h5,11,13-15H,2-4,6-10,12H2,1H3/t14-,15+/m0/s1. The van der Waals surface area contributed by atoms with Gasteiger partial charge in [-0.2, -0.15) is 11.3 Å². The van der Waals surface area contributed by atoms with Crippen LogP contribution in [0.2, 0.25) is 0 Å². The lowest BCUT2D eigenvalue weighted by atomic mass is 10.0. The molecule has 1 aromatic heterocycles. The molecule has 3 heterocycles. The van der Waals surface area contributed by atoms with E-state index in [1.54, 1.807) is 11.3 Å². The van der Waals surface area contributed by atoms with Crippen molar-refractivity contribution < 1.29 is 9.53 Å². The fraction of sp³-hybridized carbons (Fsp3) is 0.706. The molecule has 0 aliphatic carbocycles. The van der Waals surface area contributed by atoms with E-state index < -0.39 is 0 Å². The molecule has 2 saturated heterocycles. The first kappa shape index (κ1) is 16.0. The summed E-state index contributed by atoms with van der Waals surface area (Å²) >= 11 is 1.75. The Balaban J connectivity index is 1.41. The molecule has 122 valence electrons. The van der Waals surface area contributed by atoms with E-state index in [0.29, 0.717) is 24.3 Å². The molecule has 4 nitrogen and oxygen atoms in total. The molecule has 0 spiro atoms. The zero-order valence-corrected chi connectivity index (χ0v) is 14.2. The number of ether oxygens (including phenoxy) is 1. The molecule has 0 bridgehead atoms. The first-order valence-electron chi connectivity index (χ1n) is 8.35. The number of thiophene rings is 1. The van der Waals surface area contributed by atoms with Crippen LogP contribution in [-0.4, -0.2) is 55.1 Å². The fourth-order valence-corrected chi connectivity index (χ4v) is 4.13. The maximum atomic E-state index is 12.3.